The number of rotatable bonds is 4. The Morgan fingerprint density at radius 2 is 2.00 bits per heavy atom. The number of aliphatic hydroxyl groups excluding tert-OH is 1. The van der Waals surface area contributed by atoms with E-state index in [-0.39, 0.29) is 18.9 Å². The van der Waals surface area contributed by atoms with Crippen LogP contribution in [-0.2, 0) is 16.1 Å². The van der Waals surface area contributed by atoms with Gasteiger partial charge in [-0.05, 0) is 38.8 Å². The third kappa shape index (κ3) is 5.33. The highest BCUT2D eigenvalue weighted by molar-refractivity contribution is 7.13. The number of hydrogen-bond donors (Lipinski definition) is 2. The number of β-amino-alcohol motifs (C(OH)–C–C–N with tert-alkyl or cyclic N) is 1. The van der Waals surface area contributed by atoms with Crippen molar-refractivity contribution in [2.75, 3.05) is 6.54 Å². The van der Waals surface area contributed by atoms with Crippen molar-refractivity contribution >= 4 is 23.3 Å². The molecule has 0 saturated carbocycles. The second kappa shape index (κ2) is 8.51. The van der Waals surface area contributed by atoms with Crippen LogP contribution >= 0.6 is 11.3 Å². The minimum Gasteiger partial charge on any atom is -0.444 e. The summed E-state index contributed by atoms with van der Waals surface area (Å²) >= 11 is 1.60. The Morgan fingerprint density at radius 1 is 1.31 bits per heavy atom. The van der Waals surface area contributed by atoms with Crippen LogP contribution in [0.5, 0.6) is 0 Å². The van der Waals surface area contributed by atoms with Gasteiger partial charge in [0.25, 0.3) is 0 Å². The molecule has 2 unspecified atom stereocenters. The summed E-state index contributed by atoms with van der Waals surface area (Å²) < 4.78 is 5.36. The van der Waals surface area contributed by atoms with E-state index in [9.17, 15) is 14.7 Å². The molecule has 2 heterocycles. The number of aromatic nitrogens is 1. The molecule has 3 rings (SSSR count). The molecule has 1 saturated heterocycles. The molecule has 29 heavy (non-hydrogen) atoms. The van der Waals surface area contributed by atoms with Gasteiger partial charge in [0.1, 0.15) is 11.6 Å². The zero-order chi connectivity index (χ0) is 21.2. The van der Waals surface area contributed by atoms with Gasteiger partial charge >= 0.3 is 6.09 Å². The molecule has 1 aliphatic rings. The molecular formula is C21H27N3O4S. The second-order valence-corrected chi connectivity index (χ2v) is 9.07. The van der Waals surface area contributed by atoms with E-state index in [0.717, 1.165) is 21.7 Å². The molecule has 2 amide bonds. The first-order chi connectivity index (χ1) is 13.6. The number of ether oxygens (including phenoxy) is 1. The van der Waals surface area contributed by atoms with Gasteiger partial charge in [-0.25, -0.2) is 9.78 Å². The van der Waals surface area contributed by atoms with Crippen molar-refractivity contribution in [3.63, 3.8) is 0 Å². The Balaban J connectivity index is 1.60. The van der Waals surface area contributed by atoms with Gasteiger partial charge < -0.3 is 15.2 Å². The zero-order valence-electron chi connectivity index (χ0n) is 17.1. The van der Waals surface area contributed by atoms with Crippen molar-refractivity contribution in [3.8, 4) is 10.4 Å². The molecule has 1 aliphatic heterocycles. The van der Waals surface area contributed by atoms with Gasteiger partial charge in [0.05, 0.1) is 28.7 Å². The Bertz CT molecular complexity index is 873. The molecule has 7 nitrogen and oxygen atoms in total. The van der Waals surface area contributed by atoms with Gasteiger partial charge in [-0.3, -0.25) is 9.69 Å². The summed E-state index contributed by atoms with van der Waals surface area (Å²) in [4.78, 5) is 31.8. The smallest absolute Gasteiger partial charge is 0.411 e. The first-order valence-electron chi connectivity index (χ1n) is 9.59. The molecule has 1 aromatic heterocycles. The lowest BCUT2D eigenvalue weighted by Crippen LogP contribution is -2.47. The fourth-order valence-corrected chi connectivity index (χ4v) is 4.06. The summed E-state index contributed by atoms with van der Waals surface area (Å²) in [6, 6.07) is 7.20. The highest BCUT2D eigenvalue weighted by atomic mass is 32.1. The predicted octanol–water partition coefficient (Wildman–Crippen LogP) is 3.11. The number of aryl methyl sites for hydroxylation is 1. The summed E-state index contributed by atoms with van der Waals surface area (Å²) in [5, 5.41) is 12.8. The third-order valence-corrected chi connectivity index (χ3v) is 5.62. The number of thiazole rings is 1. The summed E-state index contributed by atoms with van der Waals surface area (Å²) in [6.07, 6.45) is -1.12. The van der Waals surface area contributed by atoms with Crippen LogP contribution in [0.3, 0.4) is 0 Å². The average molecular weight is 418 g/mol. The van der Waals surface area contributed by atoms with Gasteiger partial charge in [0.15, 0.2) is 0 Å². The van der Waals surface area contributed by atoms with Crippen LogP contribution < -0.4 is 5.32 Å². The van der Waals surface area contributed by atoms with Crippen LogP contribution in [0.1, 0.15) is 38.4 Å². The number of aliphatic hydroxyl groups is 1. The van der Waals surface area contributed by atoms with E-state index in [2.05, 4.69) is 10.3 Å². The Hall–Kier alpha value is -2.45. The Morgan fingerprint density at radius 3 is 2.59 bits per heavy atom. The molecule has 0 aliphatic carbocycles. The molecule has 0 radical (unpaired) electrons. The number of likely N-dealkylation sites (tertiary alicyclic amines) is 1. The van der Waals surface area contributed by atoms with Crippen LogP contribution in [0, 0.1) is 6.92 Å². The van der Waals surface area contributed by atoms with Gasteiger partial charge in [-0.2, -0.15) is 0 Å². The van der Waals surface area contributed by atoms with Crippen LogP contribution in [0.2, 0.25) is 0 Å². The van der Waals surface area contributed by atoms with Crippen molar-refractivity contribution in [1.29, 1.82) is 0 Å². The van der Waals surface area contributed by atoms with E-state index in [4.69, 9.17) is 4.74 Å². The van der Waals surface area contributed by atoms with E-state index < -0.39 is 23.8 Å². The van der Waals surface area contributed by atoms with Crippen LogP contribution in [0.4, 0.5) is 4.79 Å². The zero-order valence-corrected chi connectivity index (χ0v) is 18.0. The molecule has 0 bridgehead atoms. The molecule has 156 valence electrons. The van der Waals surface area contributed by atoms with E-state index in [1.807, 2.05) is 36.7 Å². The molecule has 2 atom stereocenters. The highest BCUT2D eigenvalue weighted by Gasteiger charge is 2.40. The maximum Gasteiger partial charge on any atom is 0.411 e. The first-order valence-corrected chi connectivity index (χ1v) is 10.5. The minimum absolute atomic E-state index is 0.0932. The third-order valence-electron chi connectivity index (χ3n) is 4.64. The molecular weight excluding hydrogens is 390 g/mol. The second-order valence-electron chi connectivity index (χ2n) is 8.22. The number of carbonyl (C=O) groups excluding carboxylic acids is 2. The highest BCUT2D eigenvalue weighted by Crippen LogP contribution is 2.27. The minimum atomic E-state index is -0.737. The SMILES string of the molecule is Cc1ncsc1-c1ccc(CNC(=O)C2CC(O)CN2C(=O)OC(C)(C)C)cc1. The molecule has 2 N–H and O–H groups in total. The number of carbonyl (C=O) groups is 2. The van der Waals surface area contributed by atoms with E-state index >= 15 is 0 Å². The molecule has 1 aromatic carbocycles. The van der Waals surface area contributed by atoms with Crippen molar-refractivity contribution in [3.05, 3.63) is 41.0 Å². The van der Waals surface area contributed by atoms with Gasteiger partial charge in [0, 0.05) is 13.0 Å². The fraction of sp³-hybridized carbons (Fsp3) is 0.476. The largest absolute Gasteiger partial charge is 0.444 e. The predicted molar refractivity (Wildman–Crippen MR) is 111 cm³/mol. The van der Waals surface area contributed by atoms with Crippen molar-refractivity contribution in [1.82, 2.24) is 15.2 Å². The average Bonchev–Trinajstić information content (AvgIpc) is 3.24. The van der Waals surface area contributed by atoms with E-state index in [1.165, 1.54) is 4.90 Å². The maximum atomic E-state index is 12.7. The number of nitrogens with one attached hydrogen (secondary N) is 1. The quantitative estimate of drug-likeness (QED) is 0.798. The summed E-state index contributed by atoms with van der Waals surface area (Å²) in [5.41, 5.74) is 4.20. The summed E-state index contributed by atoms with van der Waals surface area (Å²) in [6.45, 7) is 7.72. The Labute approximate surface area is 174 Å². The first kappa shape index (κ1) is 21.3. The summed E-state index contributed by atoms with van der Waals surface area (Å²) in [5.74, 6) is -0.296. The van der Waals surface area contributed by atoms with Crippen LogP contribution in [-0.4, -0.2) is 51.3 Å². The number of amides is 2. The van der Waals surface area contributed by atoms with E-state index in [0.29, 0.717) is 6.54 Å². The number of hydrogen-bond acceptors (Lipinski definition) is 6. The molecule has 2 aromatic rings. The number of nitrogens with zero attached hydrogens (tertiary/aromatic N) is 2. The standard InChI is InChI=1S/C21H27N3O4S/c1-13-18(29-12-23-13)15-7-5-14(6-8-15)10-22-19(26)17-9-16(25)11-24(17)20(27)28-21(2,3)4/h5-8,12,16-17,25H,9-11H2,1-4H3,(H,22,26). The lowest BCUT2D eigenvalue weighted by molar-refractivity contribution is -0.125. The number of benzene rings is 1. The normalized spacial score (nSPS) is 19.3. The van der Waals surface area contributed by atoms with Gasteiger partial charge in [-0.15, -0.1) is 11.3 Å². The van der Waals surface area contributed by atoms with Crippen molar-refractivity contribution in [2.45, 2.75) is 58.4 Å². The van der Waals surface area contributed by atoms with Crippen LogP contribution in [0.15, 0.2) is 29.8 Å². The van der Waals surface area contributed by atoms with Crippen molar-refractivity contribution < 1.29 is 19.4 Å². The lowest BCUT2D eigenvalue weighted by Gasteiger charge is -2.27. The molecule has 0 spiro atoms. The van der Waals surface area contributed by atoms with Crippen molar-refractivity contribution in [2.24, 2.45) is 0 Å². The topological polar surface area (TPSA) is 91.8 Å². The molecule has 8 heteroatoms. The van der Waals surface area contributed by atoms with Gasteiger partial charge in [-0.1, -0.05) is 24.3 Å². The van der Waals surface area contributed by atoms with Gasteiger partial charge in [0.2, 0.25) is 5.91 Å². The Kier molecular flexibility index (Phi) is 6.24. The fourth-order valence-electron chi connectivity index (χ4n) is 3.24. The summed E-state index contributed by atoms with van der Waals surface area (Å²) in [7, 11) is 0. The van der Waals surface area contributed by atoms with E-state index in [1.54, 1.807) is 32.1 Å². The maximum absolute atomic E-state index is 12.7. The monoisotopic (exact) mass is 417 g/mol. The van der Waals surface area contributed by atoms with Crippen LogP contribution in [0.25, 0.3) is 10.4 Å². The lowest BCUT2D eigenvalue weighted by atomic mass is 10.1. The molecule has 1 fully saturated rings.